The second kappa shape index (κ2) is 7.40. The molecule has 26 heavy (non-hydrogen) atoms. The molecule has 0 heterocycles. The zero-order chi connectivity index (χ0) is 18.5. The summed E-state index contributed by atoms with van der Waals surface area (Å²) in [6, 6.07) is 18.7. The Morgan fingerprint density at radius 1 is 0.731 bits per heavy atom. The van der Waals surface area contributed by atoms with Gasteiger partial charge >= 0.3 is 0 Å². The maximum Gasteiger partial charge on any atom is 0.271 e. The number of nitrogens with zero attached hydrogens (tertiary/aromatic N) is 1. The lowest BCUT2D eigenvalue weighted by Gasteiger charge is -2.11. The van der Waals surface area contributed by atoms with Crippen molar-refractivity contribution >= 4 is 11.6 Å². The molecule has 0 saturated carbocycles. The molecule has 0 aliphatic heterocycles. The Hall–Kier alpha value is -3.80. The van der Waals surface area contributed by atoms with Gasteiger partial charge in [-0.2, -0.15) is 5.10 Å². The predicted octanol–water partition coefficient (Wildman–Crippen LogP) is 2.99. The fourth-order valence-electron chi connectivity index (χ4n) is 2.40. The number of nitrogens with one attached hydrogen (secondary N) is 1. The molecular formula is C20H16N2O4. The minimum atomic E-state index is -0.492. The van der Waals surface area contributed by atoms with E-state index in [0.717, 1.165) is 0 Å². The van der Waals surface area contributed by atoms with Gasteiger partial charge in [0.15, 0.2) is 0 Å². The first-order valence-electron chi connectivity index (χ1n) is 7.80. The van der Waals surface area contributed by atoms with Crippen LogP contribution in [-0.4, -0.2) is 26.9 Å². The fraction of sp³-hybridized carbons (Fsp3) is 0. The van der Waals surface area contributed by atoms with Crippen LogP contribution in [0.25, 0.3) is 0 Å². The Morgan fingerprint density at radius 3 is 1.73 bits per heavy atom. The normalized spacial score (nSPS) is 10.2. The second-order valence-corrected chi connectivity index (χ2v) is 5.48. The van der Waals surface area contributed by atoms with Crippen molar-refractivity contribution in [3.05, 3.63) is 89.5 Å². The summed E-state index contributed by atoms with van der Waals surface area (Å²) < 4.78 is 0. The van der Waals surface area contributed by atoms with Gasteiger partial charge in [-0.15, -0.1) is 0 Å². The third kappa shape index (κ3) is 3.64. The standard InChI is InChI=1S/C20H16N2O4/c23-14-11-9-13(10-12-14)20(26)22-21-19(15-5-1-3-7-17(15)24)16-6-2-4-8-18(16)25/h1-12,23-25H,(H,22,26). The number of para-hydroxylation sites is 2. The molecule has 6 heteroatoms. The van der Waals surface area contributed by atoms with E-state index in [1.165, 1.54) is 36.4 Å². The van der Waals surface area contributed by atoms with Gasteiger partial charge in [-0.3, -0.25) is 4.79 Å². The smallest absolute Gasteiger partial charge is 0.271 e. The molecule has 3 aromatic carbocycles. The second-order valence-electron chi connectivity index (χ2n) is 5.48. The SMILES string of the molecule is O=C(NN=C(c1ccccc1O)c1ccccc1O)c1ccc(O)cc1. The van der Waals surface area contributed by atoms with Gasteiger partial charge in [-0.05, 0) is 48.5 Å². The zero-order valence-corrected chi connectivity index (χ0v) is 13.6. The van der Waals surface area contributed by atoms with E-state index >= 15 is 0 Å². The highest BCUT2D eigenvalue weighted by molar-refractivity contribution is 6.16. The van der Waals surface area contributed by atoms with Crippen LogP contribution >= 0.6 is 0 Å². The molecule has 0 bridgehead atoms. The number of hydrogen-bond donors (Lipinski definition) is 4. The predicted molar refractivity (Wildman–Crippen MR) is 97.4 cm³/mol. The van der Waals surface area contributed by atoms with E-state index in [2.05, 4.69) is 10.5 Å². The van der Waals surface area contributed by atoms with Crippen LogP contribution in [0.2, 0.25) is 0 Å². The maximum absolute atomic E-state index is 12.3. The number of benzene rings is 3. The van der Waals surface area contributed by atoms with E-state index < -0.39 is 5.91 Å². The number of hydrazone groups is 1. The molecule has 0 saturated heterocycles. The van der Waals surface area contributed by atoms with Gasteiger partial charge in [0.2, 0.25) is 0 Å². The number of hydrogen-bond acceptors (Lipinski definition) is 5. The summed E-state index contributed by atoms with van der Waals surface area (Å²) in [7, 11) is 0. The first-order valence-corrected chi connectivity index (χ1v) is 7.80. The van der Waals surface area contributed by atoms with Gasteiger partial charge < -0.3 is 15.3 Å². The average Bonchev–Trinajstić information content (AvgIpc) is 2.65. The highest BCUT2D eigenvalue weighted by Gasteiger charge is 2.15. The lowest BCUT2D eigenvalue weighted by Crippen LogP contribution is -2.20. The Bertz CT molecular complexity index is 918. The summed E-state index contributed by atoms with van der Waals surface area (Å²) in [6.45, 7) is 0. The Labute approximate surface area is 149 Å². The van der Waals surface area contributed by atoms with Crippen molar-refractivity contribution in [3.8, 4) is 17.2 Å². The molecule has 1 amide bonds. The molecule has 4 N–H and O–H groups in total. The number of aromatic hydroxyl groups is 3. The van der Waals surface area contributed by atoms with Crippen molar-refractivity contribution in [2.24, 2.45) is 5.10 Å². The van der Waals surface area contributed by atoms with Gasteiger partial charge in [0, 0.05) is 16.7 Å². The molecular weight excluding hydrogens is 332 g/mol. The van der Waals surface area contributed by atoms with Crippen LogP contribution < -0.4 is 5.43 Å². The third-order valence-corrected chi connectivity index (χ3v) is 3.72. The number of phenols is 3. The quantitative estimate of drug-likeness (QED) is 0.430. The average molecular weight is 348 g/mol. The van der Waals surface area contributed by atoms with Crippen LogP contribution in [0.1, 0.15) is 21.5 Å². The van der Waals surface area contributed by atoms with Crippen LogP contribution in [0.4, 0.5) is 0 Å². The Balaban J connectivity index is 1.99. The Kier molecular flexibility index (Phi) is 4.85. The lowest BCUT2D eigenvalue weighted by atomic mass is 10.0. The summed E-state index contributed by atoms with van der Waals surface area (Å²) in [5.74, 6) is -0.510. The van der Waals surface area contributed by atoms with Crippen LogP contribution in [0.3, 0.4) is 0 Å². The first-order chi connectivity index (χ1) is 12.6. The Morgan fingerprint density at radius 2 is 1.23 bits per heavy atom. The van der Waals surface area contributed by atoms with Crippen LogP contribution in [0.5, 0.6) is 17.2 Å². The maximum atomic E-state index is 12.3. The minimum Gasteiger partial charge on any atom is -0.508 e. The van der Waals surface area contributed by atoms with Gasteiger partial charge in [-0.25, -0.2) is 5.43 Å². The highest BCUT2D eigenvalue weighted by atomic mass is 16.3. The number of rotatable bonds is 4. The molecule has 0 fully saturated rings. The van der Waals surface area contributed by atoms with E-state index in [1.807, 2.05) is 0 Å². The molecule has 0 spiro atoms. The van der Waals surface area contributed by atoms with Crippen LogP contribution in [-0.2, 0) is 0 Å². The largest absolute Gasteiger partial charge is 0.508 e. The molecule has 3 rings (SSSR count). The van der Waals surface area contributed by atoms with Crippen molar-refractivity contribution in [1.29, 1.82) is 0 Å². The molecule has 0 unspecified atom stereocenters. The molecule has 6 nitrogen and oxygen atoms in total. The van der Waals surface area contributed by atoms with Gasteiger partial charge in [0.1, 0.15) is 23.0 Å². The van der Waals surface area contributed by atoms with Crippen molar-refractivity contribution in [3.63, 3.8) is 0 Å². The topological polar surface area (TPSA) is 102 Å². The number of carbonyl (C=O) groups excluding carboxylic acids is 1. The van der Waals surface area contributed by atoms with E-state index in [-0.39, 0.29) is 23.0 Å². The molecule has 0 aromatic heterocycles. The minimum absolute atomic E-state index is 0.0339. The van der Waals surface area contributed by atoms with Crippen molar-refractivity contribution in [1.82, 2.24) is 5.43 Å². The fourth-order valence-corrected chi connectivity index (χ4v) is 2.40. The van der Waals surface area contributed by atoms with Crippen LogP contribution in [0.15, 0.2) is 77.9 Å². The monoisotopic (exact) mass is 348 g/mol. The summed E-state index contributed by atoms with van der Waals surface area (Å²) in [6.07, 6.45) is 0. The molecule has 0 atom stereocenters. The van der Waals surface area contributed by atoms with Crippen LogP contribution in [0, 0.1) is 0 Å². The van der Waals surface area contributed by atoms with Crippen molar-refractivity contribution in [2.45, 2.75) is 0 Å². The number of carbonyl (C=O) groups is 1. The van der Waals surface area contributed by atoms with Crippen molar-refractivity contribution in [2.75, 3.05) is 0 Å². The molecule has 0 radical (unpaired) electrons. The molecule has 0 aliphatic rings. The zero-order valence-electron chi connectivity index (χ0n) is 13.6. The first kappa shape index (κ1) is 17.0. The van der Waals surface area contributed by atoms with E-state index in [4.69, 9.17) is 0 Å². The van der Waals surface area contributed by atoms with E-state index in [9.17, 15) is 20.1 Å². The highest BCUT2D eigenvalue weighted by Crippen LogP contribution is 2.25. The van der Waals surface area contributed by atoms with Gasteiger partial charge in [0.25, 0.3) is 5.91 Å². The summed E-state index contributed by atoms with van der Waals surface area (Å²) in [5, 5.41) is 33.7. The third-order valence-electron chi connectivity index (χ3n) is 3.72. The summed E-state index contributed by atoms with van der Waals surface area (Å²) in [4.78, 5) is 12.3. The molecule has 3 aromatic rings. The molecule has 130 valence electrons. The molecule has 0 aliphatic carbocycles. The van der Waals surface area contributed by atoms with Crippen molar-refractivity contribution < 1.29 is 20.1 Å². The van der Waals surface area contributed by atoms with E-state index in [1.54, 1.807) is 36.4 Å². The van der Waals surface area contributed by atoms with E-state index in [0.29, 0.717) is 16.7 Å². The number of amides is 1. The number of phenolic OH excluding ortho intramolecular Hbond substituents is 3. The van der Waals surface area contributed by atoms with Gasteiger partial charge in [-0.1, -0.05) is 24.3 Å². The summed E-state index contributed by atoms with van der Waals surface area (Å²) in [5.41, 5.74) is 3.66. The van der Waals surface area contributed by atoms with Gasteiger partial charge in [0.05, 0.1) is 0 Å². The lowest BCUT2D eigenvalue weighted by molar-refractivity contribution is 0.0955. The summed E-state index contributed by atoms with van der Waals surface area (Å²) >= 11 is 0.